The van der Waals surface area contributed by atoms with E-state index in [9.17, 15) is 9.59 Å². The summed E-state index contributed by atoms with van der Waals surface area (Å²) in [5.41, 5.74) is 11.1. The van der Waals surface area contributed by atoms with Crippen LogP contribution in [0.5, 0.6) is 28.7 Å². The molecule has 11 heteroatoms. The number of carbonyl (C=O) groups is 2. The molecule has 11 nitrogen and oxygen atoms in total. The monoisotopic (exact) mass is 850 g/mol. The number of carbonyl (C=O) groups excluding carboxylic acids is 2. The maximum absolute atomic E-state index is 13.0. The van der Waals surface area contributed by atoms with E-state index in [0.29, 0.717) is 68.6 Å². The molecular weight excluding hydrogens is 785 g/mol. The average molecular weight is 851 g/mol. The topological polar surface area (TPSA) is 105 Å². The fourth-order valence-corrected chi connectivity index (χ4v) is 8.95. The summed E-state index contributed by atoms with van der Waals surface area (Å²) in [5, 5.41) is 0. The minimum absolute atomic E-state index is 0.00190. The summed E-state index contributed by atoms with van der Waals surface area (Å²) >= 11 is 0. The van der Waals surface area contributed by atoms with Gasteiger partial charge in [0.1, 0.15) is 5.75 Å². The zero-order valence-electron chi connectivity index (χ0n) is 38.1. The molecule has 0 N–H and O–H groups in total. The summed E-state index contributed by atoms with van der Waals surface area (Å²) in [6.45, 7) is 9.99. The van der Waals surface area contributed by atoms with E-state index in [-0.39, 0.29) is 30.4 Å². The number of hydrogen-bond donors (Lipinski definition) is 0. The number of ether oxygens (including phenoxy) is 7. The van der Waals surface area contributed by atoms with Crippen LogP contribution < -0.4 is 23.7 Å². The molecule has 0 bridgehead atoms. The summed E-state index contributed by atoms with van der Waals surface area (Å²) in [6.07, 6.45) is 6.18. The molecule has 0 aliphatic carbocycles. The number of aryl methyl sites for hydroxylation is 3. The molecule has 0 amide bonds. The van der Waals surface area contributed by atoms with E-state index in [1.54, 1.807) is 35.5 Å². The molecule has 2 atom stereocenters. The van der Waals surface area contributed by atoms with Crippen molar-refractivity contribution in [2.75, 3.05) is 74.9 Å². The van der Waals surface area contributed by atoms with Crippen LogP contribution >= 0.6 is 0 Å². The van der Waals surface area contributed by atoms with Crippen LogP contribution in [-0.2, 0) is 44.7 Å². The van der Waals surface area contributed by atoms with Gasteiger partial charge in [-0.05, 0) is 146 Å². The number of fused-ring (bicyclic) bond motifs is 2. The van der Waals surface area contributed by atoms with Gasteiger partial charge in [-0.15, -0.1) is 0 Å². The first-order valence-corrected chi connectivity index (χ1v) is 22.0. The minimum Gasteiger partial charge on any atom is -0.496 e. The maximum Gasteiger partial charge on any atom is 0.307 e. The quantitative estimate of drug-likeness (QED) is 0.0594. The highest BCUT2D eigenvalue weighted by Crippen LogP contribution is 2.41. The van der Waals surface area contributed by atoms with Crippen molar-refractivity contribution >= 4 is 11.9 Å². The third kappa shape index (κ3) is 11.6. The Bertz CT molecular complexity index is 2150. The molecule has 6 rings (SSSR count). The van der Waals surface area contributed by atoms with Gasteiger partial charge in [-0.3, -0.25) is 19.4 Å². The summed E-state index contributed by atoms with van der Waals surface area (Å²) < 4.78 is 39.3. The van der Waals surface area contributed by atoms with Gasteiger partial charge in [0.15, 0.2) is 23.0 Å². The highest BCUT2D eigenvalue weighted by Gasteiger charge is 2.31. The van der Waals surface area contributed by atoms with Crippen molar-refractivity contribution in [3.63, 3.8) is 0 Å². The predicted molar refractivity (Wildman–Crippen MR) is 241 cm³/mol. The molecule has 4 aromatic carbocycles. The van der Waals surface area contributed by atoms with E-state index in [1.807, 2.05) is 12.1 Å². The number of methoxy groups -OCH3 is 5. The van der Waals surface area contributed by atoms with Crippen molar-refractivity contribution in [1.29, 1.82) is 0 Å². The zero-order chi connectivity index (χ0) is 44.2. The molecule has 0 saturated heterocycles. The van der Waals surface area contributed by atoms with Crippen molar-refractivity contribution in [2.45, 2.75) is 90.6 Å². The second kappa shape index (κ2) is 22.2. The van der Waals surface area contributed by atoms with Crippen LogP contribution in [0.2, 0.25) is 0 Å². The first-order valence-electron chi connectivity index (χ1n) is 22.0. The van der Waals surface area contributed by atoms with Crippen LogP contribution in [0.3, 0.4) is 0 Å². The third-order valence-electron chi connectivity index (χ3n) is 12.6. The molecular formula is C51H66N2O9. The lowest BCUT2D eigenvalue weighted by Crippen LogP contribution is -2.38. The molecule has 0 saturated carbocycles. The molecule has 0 aromatic heterocycles. The van der Waals surface area contributed by atoms with Crippen molar-refractivity contribution in [3.8, 4) is 28.7 Å². The second-order valence-electron chi connectivity index (χ2n) is 16.5. The Labute approximate surface area is 368 Å². The predicted octanol–water partition coefficient (Wildman–Crippen LogP) is 8.68. The summed E-state index contributed by atoms with van der Waals surface area (Å²) in [5.74, 6) is 3.24. The van der Waals surface area contributed by atoms with Crippen molar-refractivity contribution in [1.82, 2.24) is 9.80 Å². The van der Waals surface area contributed by atoms with Crippen LogP contribution in [0.15, 0.2) is 60.7 Å². The van der Waals surface area contributed by atoms with Crippen LogP contribution in [0.4, 0.5) is 0 Å². The molecule has 2 heterocycles. The smallest absolute Gasteiger partial charge is 0.307 e. The summed E-state index contributed by atoms with van der Waals surface area (Å²) in [4.78, 5) is 30.7. The van der Waals surface area contributed by atoms with Crippen molar-refractivity contribution in [2.24, 2.45) is 0 Å². The van der Waals surface area contributed by atoms with Gasteiger partial charge in [0.05, 0.1) is 61.6 Å². The number of benzene rings is 4. The standard InChI is InChI=1S/C51H66N2O9/c1-34-12-13-37(30-46(34)57-5)28-43-41-27-36(3)35(2)26-39(41)16-20-52(43)22-18-50(54)61-24-10-9-11-25-62-51(55)19-23-53-21-17-40-32-48(59-7)49(60-8)33-42(40)44(53)29-38-14-15-45(56-4)47(31-38)58-6/h12-15,26-27,30-33,43-44H,9-11,16-25,28-29H2,1-8H3. The van der Waals surface area contributed by atoms with Gasteiger partial charge in [0, 0.05) is 38.3 Å². The van der Waals surface area contributed by atoms with Crippen LogP contribution in [0.1, 0.15) is 94.3 Å². The largest absolute Gasteiger partial charge is 0.496 e. The van der Waals surface area contributed by atoms with Crippen LogP contribution in [0, 0.1) is 20.8 Å². The molecule has 0 spiro atoms. The number of esters is 2. The number of nitrogens with zero attached hydrogens (tertiary/aromatic N) is 2. The molecule has 62 heavy (non-hydrogen) atoms. The van der Waals surface area contributed by atoms with Gasteiger partial charge in [-0.25, -0.2) is 0 Å². The lowest BCUT2D eigenvalue weighted by atomic mass is 9.86. The minimum atomic E-state index is -0.218. The van der Waals surface area contributed by atoms with E-state index in [1.165, 1.54) is 33.4 Å². The first kappa shape index (κ1) is 46.2. The van der Waals surface area contributed by atoms with Gasteiger partial charge in [-0.1, -0.05) is 30.3 Å². The average Bonchev–Trinajstić information content (AvgIpc) is 3.28. The van der Waals surface area contributed by atoms with E-state index in [2.05, 4.69) is 79.1 Å². The van der Waals surface area contributed by atoms with Gasteiger partial charge in [-0.2, -0.15) is 0 Å². The van der Waals surface area contributed by atoms with Crippen molar-refractivity contribution in [3.05, 3.63) is 111 Å². The Morgan fingerprint density at radius 2 is 0.984 bits per heavy atom. The Kier molecular flexibility index (Phi) is 16.6. The Morgan fingerprint density at radius 1 is 0.516 bits per heavy atom. The highest BCUT2D eigenvalue weighted by atomic mass is 16.5. The van der Waals surface area contributed by atoms with Crippen molar-refractivity contribution < 1.29 is 42.7 Å². The Morgan fingerprint density at radius 3 is 1.55 bits per heavy atom. The number of rotatable bonds is 21. The molecule has 0 radical (unpaired) electrons. The first-order chi connectivity index (χ1) is 30.0. The van der Waals surface area contributed by atoms with Crippen LogP contribution in [-0.4, -0.2) is 96.7 Å². The van der Waals surface area contributed by atoms with Gasteiger partial charge in [0.25, 0.3) is 0 Å². The number of unbranched alkanes of at least 4 members (excludes halogenated alkanes) is 2. The number of hydrogen-bond acceptors (Lipinski definition) is 11. The summed E-state index contributed by atoms with van der Waals surface area (Å²) in [6, 6.07) is 21.4. The lowest BCUT2D eigenvalue weighted by molar-refractivity contribution is -0.144. The normalized spacial score (nSPS) is 16.2. The fourth-order valence-electron chi connectivity index (χ4n) is 8.95. The van der Waals surface area contributed by atoms with Gasteiger partial charge < -0.3 is 33.2 Å². The van der Waals surface area contributed by atoms with E-state index >= 15 is 0 Å². The second-order valence-corrected chi connectivity index (χ2v) is 16.5. The highest BCUT2D eigenvalue weighted by molar-refractivity contribution is 5.70. The van der Waals surface area contributed by atoms with E-state index in [4.69, 9.17) is 33.2 Å². The fraction of sp³-hybridized carbons (Fsp3) is 0.490. The Hall–Kier alpha value is -5.26. The van der Waals surface area contributed by atoms with E-state index in [0.717, 1.165) is 67.6 Å². The molecule has 2 aliphatic rings. The molecule has 334 valence electrons. The molecule has 4 aromatic rings. The SMILES string of the molecule is COc1cc(CC2c3cc(C)c(C)cc3CCN2CCC(=O)OCCCCCOC(=O)CCN2CCc3cc(OC)c(OC)cc3C2Cc2ccc(OC)c(OC)c2)ccc1C. The molecule has 0 fully saturated rings. The van der Waals surface area contributed by atoms with Gasteiger partial charge in [0.2, 0.25) is 0 Å². The maximum atomic E-state index is 13.0. The van der Waals surface area contributed by atoms with Crippen LogP contribution in [0.25, 0.3) is 0 Å². The Balaban J connectivity index is 0.942. The zero-order valence-corrected chi connectivity index (χ0v) is 38.1. The lowest BCUT2D eigenvalue weighted by Gasteiger charge is -2.38. The molecule has 2 unspecified atom stereocenters. The van der Waals surface area contributed by atoms with Gasteiger partial charge >= 0.3 is 11.9 Å². The summed E-state index contributed by atoms with van der Waals surface area (Å²) in [7, 11) is 8.29. The third-order valence-corrected chi connectivity index (χ3v) is 12.6. The van der Waals surface area contributed by atoms with E-state index < -0.39 is 0 Å². The molecule has 2 aliphatic heterocycles.